The zero-order chi connectivity index (χ0) is 51.7. The van der Waals surface area contributed by atoms with Crippen LogP contribution in [0.15, 0.2) is 199 Å². The van der Waals surface area contributed by atoms with Gasteiger partial charge in [-0.05, 0) is 159 Å². The fourth-order valence-corrected chi connectivity index (χ4v) is 13.3. The van der Waals surface area contributed by atoms with Crippen LogP contribution >= 0.6 is 0 Å². The molecule has 0 fully saturated rings. The van der Waals surface area contributed by atoms with Gasteiger partial charge in [0, 0.05) is 48.9 Å². The largest absolute Gasteiger partial charge is 0.456 e. The number of hydrogen-bond donors (Lipinski definition) is 1. The van der Waals surface area contributed by atoms with Gasteiger partial charge >= 0.3 is 0 Å². The third-order valence-electron chi connectivity index (χ3n) is 17.4. The van der Waals surface area contributed by atoms with Gasteiger partial charge in [0.05, 0.1) is 5.52 Å². The molecule has 366 valence electrons. The highest BCUT2D eigenvalue weighted by atomic mass is 16.3. The van der Waals surface area contributed by atoms with E-state index in [1.54, 1.807) is 0 Å². The van der Waals surface area contributed by atoms with Gasteiger partial charge in [0.1, 0.15) is 11.2 Å². The van der Waals surface area contributed by atoms with Crippen molar-refractivity contribution in [2.45, 2.75) is 85.5 Å². The van der Waals surface area contributed by atoms with E-state index in [1.807, 2.05) is 6.07 Å². The van der Waals surface area contributed by atoms with Crippen LogP contribution in [0.3, 0.4) is 0 Å². The molecular weight excluding hydrogens is 907 g/mol. The topological polar surface area (TPSA) is 28.9 Å². The van der Waals surface area contributed by atoms with Crippen molar-refractivity contribution < 1.29 is 4.42 Å². The van der Waals surface area contributed by atoms with Gasteiger partial charge in [-0.25, -0.2) is 0 Å². The molecule has 3 aliphatic carbocycles. The summed E-state index contributed by atoms with van der Waals surface area (Å²) in [6, 6.07) is 70.6. The predicted molar refractivity (Wildman–Crippen MR) is 318 cm³/mol. The number of nitrogens with one attached hydrogen (secondary N) is 1. The second-order valence-corrected chi connectivity index (χ2v) is 23.1. The van der Waals surface area contributed by atoms with E-state index < -0.39 is 0 Å². The average molecular weight is 970 g/mol. The summed E-state index contributed by atoms with van der Waals surface area (Å²) in [5.74, 6) is 0. The minimum absolute atomic E-state index is 0.00896. The van der Waals surface area contributed by atoms with Gasteiger partial charge in [-0.15, -0.1) is 0 Å². The summed E-state index contributed by atoms with van der Waals surface area (Å²) in [4.78, 5) is 3.77. The summed E-state index contributed by atoms with van der Waals surface area (Å²) in [5, 5.41) is 5.14. The van der Waals surface area contributed by atoms with Crippen LogP contribution in [0.25, 0.3) is 99.4 Å². The second-order valence-electron chi connectivity index (χ2n) is 23.1. The second kappa shape index (κ2) is 16.9. The summed E-state index contributed by atoms with van der Waals surface area (Å²) < 4.78 is 6.26. The lowest BCUT2D eigenvalue weighted by Crippen LogP contribution is -2.17. The highest BCUT2D eigenvalue weighted by Gasteiger charge is 2.43. The van der Waals surface area contributed by atoms with Gasteiger partial charge in [0.2, 0.25) is 0 Å². The maximum Gasteiger partial charge on any atom is 0.136 e. The smallest absolute Gasteiger partial charge is 0.136 e. The number of hydrogen-bond acceptors (Lipinski definition) is 1. The molecule has 2 nitrogen and oxygen atoms in total. The number of aryl methyl sites for hydroxylation is 4. The van der Waals surface area contributed by atoms with Crippen LogP contribution in [0.2, 0.25) is 0 Å². The fraction of sp³-hybridized carbons (Fsp3) is 0.178. The number of furan rings is 1. The molecule has 0 spiro atoms. The first-order chi connectivity index (χ1) is 36.1. The molecule has 2 heteroatoms. The molecule has 0 unspecified atom stereocenters. The van der Waals surface area contributed by atoms with Crippen LogP contribution in [0.1, 0.15) is 97.2 Å². The maximum absolute atomic E-state index is 6.26. The first-order valence-corrected chi connectivity index (χ1v) is 26.7. The fourth-order valence-electron chi connectivity index (χ4n) is 13.3. The van der Waals surface area contributed by atoms with Gasteiger partial charge in [-0.3, -0.25) is 0 Å². The molecule has 0 aliphatic heterocycles. The van der Waals surface area contributed by atoms with Gasteiger partial charge in [0.15, 0.2) is 0 Å². The lowest BCUT2D eigenvalue weighted by Gasteiger charge is -2.24. The highest BCUT2D eigenvalue weighted by Crippen LogP contribution is 2.59. The third-order valence-corrected chi connectivity index (χ3v) is 17.4. The van der Waals surface area contributed by atoms with E-state index in [0.29, 0.717) is 0 Å². The molecule has 15 rings (SSSR count). The zero-order valence-corrected chi connectivity index (χ0v) is 44.9. The highest BCUT2D eigenvalue weighted by molar-refractivity contribution is 6.20. The van der Waals surface area contributed by atoms with Crippen molar-refractivity contribution in [3.05, 3.63) is 250 Å². The molecular formula is C73H63NO. The third kappa shape index (κ3) is 7.06. The average Bonchev–Trinajstić information content (AvgIpc) is 4.16. The van der Waals surface area contributed by atoms with E-state index in [1.165, 1.54) is 144 Å². The lowest BCUT2D eigenvalue weighted by molar-refractivity contribution is 0.650. The van der Waals surface area contributed by atoms with Gasteiger partial charge < -0.3 is 9.40 Å². The van der Waals surface area contributed by atoms with Crippen LogP contribution in [-0.2, 0) is 16.2 Å². The van der Waals surface area contributed by atoms with Crippen molar-refractivity contribution in [1.82, 2.24) is 4.98 Å². The molecule has 2 heterocycles. The number of para-hydroxylation sites is 2. The molecule has 0 atom stereocenters. The summed E-state index contributed by atoms with van der Waals surface area (Å²) in [6.45, 7) is 23.0. The summed E-state index contributed by atoms with van der Waals surface area (Å²) >= 11 is 0. The number of benzene rings is 10. The number of fused-ring (bicyclic) bond motifs is 17. The minimum Gasteiger partial charge on any atom is -0.456 e. The van der Waals surface area contributed by atoms with Crippen molar-refractivity contribution in [3.63, 3.8) is 0 Å². The number of H-pyrrole nitrogens is 1. The van der Waals surface area contributed by atoms with Gasteiger partial charge in [-0.1, -0.05) is 210 Å². The van der Waals surface area contributed by atoms with E-state index in [-0.39, 0.29) is 16.2 Å². The van der Waals surface area contributed by atoms with Crippen molar-refractivity contribution in [2.24, 2.45) is 0 Å². The summed E-state index contributed by atoms with van der Waals surface area (Å²) in [7, 11) is 0. The Kier molecular flexibility index (Phi) is 10.5. The Morgan fingerprint density at radius 1 is 0.333 bits per heavy atom. The Hall–Kier alpha value is -8.20. The number of aromatic nitrogens is 1. The van der Waals surface area contributed by atoms with Crippen LogP contribution in [0.5, 0.6) is 0 Å². The van der Waals surface area contributed by atoms with Crippen molar-refractivity contribution in [3.8, 4) is 55.6 Å². The van der Waals surface area contributed by atoms with E-state index in [9.17, 15) is 0 Å². The summed E-state index contributed by atoms with van der Waals surface area (Å²) in [5.41, 5.74) is 31.7. The zero-order valence-electron chi connectivity index (χ0n) is 44.9. The molecule has 75 heavy (non-hydrogen) atoms. The first kappa shape index (κ1) is 46.6. The Balaban J connectivity index is 0.000000117. The molecule has 0 radical (unpaired) electrons. The Morgan fingerprint density at radius 2 is 0.853 bits per heavy atom. The van der Waals surface area contributed by atoms with Crippen LogP contribution in [0, 0.1) is 27.7 Å². The van der Waals surface area contributed by atoms with E-state index >= 15 is 0 Å². The standard InChI is InChI=1S/C31H26O.C29H25N.C13H12/c1-17-10-11-18-20-15-25-21(16-24(20)31(4,5)23(18)14-17)28-22(30(25,2)3)12-13-27-29(28)19-8-6-7-9-26(19)32-27;1-17-13-14-20-23(15-17)29(3,4)24-16-22(19-10-6-5-9-18(19)2)28-27(26(20)24)21-11-7-8-12-25(21)30-28;1-11-7-5-6-10-13(11)12-8-3-2-4-9-12/h6-16H,1-5H3;5-16,30H,1-4H3;2-10H,1H3. The quantitative estimate of drug-likeness (QED) is 0.184. The number of rotatable bonds is 2. The Labute approximate surface area is 441 Å². The molecule has 0 bridgehead atoms. The Morgan fingerprint density at radius 3 is 1.57 bits per heavy atom. The van der Waals surface area contributed by atoms with Crippen LogP contribution < -0.4 is 0 Å². The monoisotopic (exact) mass is 969 g/mol. The molecule has 0 saturated heterocycles. The summed E-state index contributed by atoms with van der Waals surface area (Å²) in [6.07, 6.45) is 0. The van der Waals surface area contributed by atoms with Gasteiger partial charge in [0.25, 0.3) is 0 Å². The van der Waals surface area contributed by atoms with E-state index in [4.69, 9.17) is 4.42 Å². The molecule has 0 saturated carbocycles. The van der Waals surface area contributed by atoms with Gasteiger partial charge in [-0.2, -0.15) is 0 Å². The normalized spacial score (nSPS) is 14.6. The van der Waals surface area contributed by atoms with Crippen molar-refractivity contribution >= 4 is 43.7 Å². The molecule has 3 aliphatic rings. The maximum atomic E-state index is 6.26. The van der Waals surface area contributed by atoms with Crippen LogP contribution in [-0.4, -0.2) is 4.98 Å². The molecule has 1 N–H and O–H groups in total. The first-order valence-electron chi connectivity index (χ1n) is 26.7. The van der Waals surface area contributed by atoms with Crippen LogP contribution in [0.4, 0.5) is 0 Å². The molecule has 0 amide bonds. The number of aromatic amines is 1. The van der Waals surface area contributed by atoms with E-state index in [2.05, 4.69) is 262 Å². The molecule has 10 aromatic carbocycles. The molecule has 2 aromatic heterocycles. The predicted octanol–water partition coefficient (Wildman–Crippen LogP) is 20.1. The van der Waals surface area contributed by atoms with Crippen molar-refractivity contribution in [1.29, 1.82) is 0 Å². The van der Waals surface area contributed by atoms with Crippen molar-refractivity contribution in [2.75, 3.05) is 0 Å². The minimum atomic E-state index is -0.0517. The SMILES string of the molecule is Cc1ccc2c(c1)C(C)(C)c1cc(-c3ccccc3C)c3[nH]c4ccccc4c3c1-2.Cc1ccc2c(c1)C(C)(C)c1cc3c(cc1-2)C(C)(C)c1ccc2oc4ccccc4c2c1-3.Cc1ccccc1-c1ccccc1. The van der Waals surface area contributed by atoms with E-state index in [0.717, 1.165) is 11.2 Å². The lowest BCUT2D eigenvalue weighted by atomic mass is 9.79. The molecule has 12 aromatic rings. The Bertz CT molecular complexity index is 4300.